The highest BCUT2D eigenvalue weighted by molar-refractivity contribution is 7.99. The molecule has 4 rings (SSSR count). The Bertz CT molecular complexity index is 1290. The lowest BCUT2D eigenvalue weighted by Crippen LogP contribution is -2.29. The Morgan fingerprint density at radius 3 is 2.59 bits per heavy atom. The van der Waals surface area contributed by atoms with E-state index < -0.39 is 0 Å². The molecule has 0 saturated heterocycles. The van der Waals surface area contributed by atoms with Crippen LogP contribution in [0.2, 0.25) is 0 Å². The number of nitrogens with one attached hydrogen (secondary N) is 1. The van der Waals surface area contributed by atoms with Crippen LogP contribution in [0, 0.1) is 6.92 Å². The fraction of sp³-hybridized carbons (Fsp3) is 0.269. The number of benzene rings is 2. The molecule has 1 atom stereocenters. The summed E-state index contributed by atoms with van der Waals surface area (Å²) in [5.41, 5.74) is 4.60. The Balaban J connectivity index is 1.49. The molecule has 0 spiro atoms. The van der Waals surface area contributed by atoms with E-state index in [0.29, 0.717) is 23.8 Å². The summed E-state index contributed by atoms with van der Waals surface area (Å²) in [6.45, 7) is 4.65. The summed E-state index contributed by atoms with van der Waals surface area (Å²) in [6, 6.07) is 17.9. The molecule has 1 N–H and O–H groups in total. The third kappa shape index (κ3) is 5.17. The smallest absolute Gasteiger partial charge is 0.230 e. The normalized spacial score (nSPS) is 11.9. The van der Waals surface area contributed by atoms with Gasteiger partial charge in [-0.2, -0.15) is 5.10 Å². The lowest BCUT2D eigenvalue weighted by molar-refractivity contribution is -0.118. The summed E-state index contributed by atoms with van der Waals surface area (Å²) < 4.78 is 12.6. The van der Waals surface area contributed by atoms with Gasteiger partial charge in [-0.1, -0.05) is 55.1 Å². The molecule has 34 heavy (non-hydrogen) atoms. The number of nitrogens with zero attached hydrogens (tertiary/aromatic N) is 3. The van der Waals surface area contributed by atoms with Crippen molar-refractivity contribution in [3.05, 3.63) is 72.1 Å². The molecular formula is C26H28N4O3S. The van der Waals surface area contributed by atoms with Crippen molar-refractivity contribution in [1.82, 2.24) is 19.9 Å². The molecule has 0 aliphatic rings. The number of amides is 1. The minimum atomic E-state index is -0.0114. The van der Waals surface area contributed by atoms with Crippen molar-refractivity contribution >= 4 is 23.3 Å². The topological polar surface area (TPSA) is 77.8 Å². The van der Waals surface area contributed by atoms with E-state index in [-0.39, 0.29) is 11.8 Å². The van der Waals surface area contributed by atoms with Crippen LogP contribution in [0.15, 0.2) is 65.8 Å². The molecule has 1 amide bonds. The van der Waals surface area contributed by atoms with Crippen molar-refractivity contribution in [2.24, 2.45) is 0 Å². The van der Waals surface area contributed by atoms with Crippen LogP contribution < -0.4 is 14.8 Å². The van der Waals surface area contributed by atoms with Gasteiger partial charge in [-0.15, -0.1) is 0 Å². The fourth-order valence-corrected chi connectivity index (χ4v) is 4.61. The van der Waals surface area contributed by atoms with Crippen molar-refractivity contribution < 1.29 is 14.3 Å². The highest BCUT2D eigenvalue weighted by Crippen LogP contribution is 2.34. The lowest BCUT2D eigenvalue weighted by atomic mass is 10.0. The first-order valence-electron chi connectivity index (χ1n) is 11.0. The number of methoxy groups -OCH3 is 2. The van der Waals surface area contributed by atoms with E-state index in [1.54, 1.807) is 24.9 Å². The highest BCUT2D eigenvalue weighted by atomic mass is 32.2. The first kappa shape index (κ1) is 23.6. The number of hydrogen-bond donors (Lipinski definition) is 1. The zero-order chi connectivity index (χ0) is 24.1. The molecular weight excluding hydrogens is 448 g/mol. The van der Waals surface area contributed by atoms with Gasteiger partial charge in [0.2, 0.25) is 5.91 Å². The van der Waals surface area contributed by atoms with E-state index in [1.807, 2.05) is 49.4 Å². The van der Waals surface area contributed by atoms with Gasteiger partial charge in [-0.25, -0.2) is 9.50 Å². The quantitative estimate of drug-likeness (QED) is 0.278. The van der Waals surface area contributed by atoms with Gasteiger partial charge in [0.05, 0.1) is 26.2 Å². The highest BCUT2D eigenvalue weighted by Gasteiger charge is 2.16. The maximum absolute atomic E-state index is 12.5. The second-order valence-electron chi connectivity index (χ2n) is 8.00. The maximum Gasteiger partial charge on any atom is 0.230 e. The number of carbonyl (C=O) groups excluding carboxylic acids is 1. The Morgan fingerprint density at radius 2 is 1.85 bits per heavy atom. The predicted molar refractivity (Wildman–Crippen MR) is 135 cm³/mol. The van der Waals surface area contributed by atoms with Crippen molar-refractivity contribution in [1.29, 1.82) is 0 Å². The van der Waals surface area contributed by atoms with Gasteiger partial charge < -0.3 is 14.8 Å². The number of thioether (sulfide) groups is 1. The van der Waals surface area contributed by atoms with E-state index in [2.05, 4.69) is 29.5 Å². The van der Waals surface area contributed by atoms with Crippen LogP contribution in [0.3, 0.4) is 0 Å². The molecule has 2 aromatic heterocycles. The summed E-state index contributed by atoms with van der Waals surface area (Å²) >= 11 is 1.45. The third-order valence-electron chi connectivity index (χ3n) is 5.59. The van der Waals surface area contributed by atoms with Crippen LogP contribution in [-0.4, -0.2) is 47.0 Å². The molecule has 0 fully saturated rings. The van der Waals surface area contributed by atoms with Crippen LogP contribution in [0.4, 0.5) is 0 Å². The van der Waals surface area contributed by atoms with Gasteiger partial charge in [0.15, 0.2) is 17.1 Å². The van der Waals surface area contributed by atoms with E-state index in [4.69, 9.17) is 14.5 Å². The minimum absolute atomic E-state index is 0.0114. The molecule has 0 aliphatic heterocycles. The average molecular weight is 477 g/mol. The maximum atomic E-state index is 12.5. The van der Waals surface area contributed by atoms with E-state index in [9.17, 15) is 4.79 Å². The van der Waals surface area contributed by atoms with E-state index >= 15 is 0 Å². The van der Waals surface area contributed by atoms with Crippen LogP contribution >= 0.6 is 11.8 Å². The van der Waals surface area contributed by atoms with Gasteiger partial charge in [-0.05, 0) is 42.2 Å². The molecule has 4 aromatic rings. The molecule has 2 heterocycles. The van der Waals surface area contributed by atoms with Gasteiger partial charge in [0.25, 0.3) is 0 Å². The molecule has 0 saturated carbocycles. The van der Waals surface area contributed by atoms with Gasteiger partial charge in [0.1, 0.15) is 5.03 Å². The molecule has 2 aromatic carbocycles. The lowest BCUT2D eigenvalue weighted by Gasteiger charge is -2.13. The van der Waals surface area contributed by atoms with Crippen molar-refractivity contribution in [3.8, 4) is 22.6 Å². The summed E-state index contributed by atoms with van der Waals surface area (Å²) in [4.78, 5) is 17.2. The molecule has 1 unspecified atom stereocenters. The van der Waals surface area contributed by atoms with Gasteiger partial charge in [0, 0.05) is 17.8 Å². The minimum Gasteiger partial charge on any atom is -0.493 e. The molecule has 0 bridgehead atoms. The van der Waals surface area contributed by atoms with Gasteiger partial charge in [-0.3, -0.25) is 4.79 Å². The standard InChI is InChI=1S/C26H28N4O3S/c1-17(19-8-6-5-7-9-19)14-27-24(31)16-34-25-12-18(2)29-26-21(15-28-30(25)26)20-10-11-22(32-3)23(13-20)33-4/h5-13,15,17H,14,16H2,1-4H3,(H,27,31). The Labute approximate surface area is 203 Å². The zero-order valence-electron chi connectivity index (χ0n) is 19.7. The number of rotatable bonds is 9. The van der Waals surface area contributed by atoms with Crippen LogP contribution in [-0.2, 0) is 4.79 Å². The molecule has 8 heteroatoms. The fourth-order valence-electron chi connectivity index (χ4n) is 3.72. The number of aryl methyl sites for hydroxylation is 1. The van der Waals surface area contributed by atoms with Crippen molar-refractivity contribution in [2.75, 3.05) is 26.5 Å². The van der Waals surface area contributed by atoms with E-state index in [0.717, 1.165) is 27.5 Å². The molecule has 7 nitrogen and oxygen atoms in total. The number of fused-ring (bicyclic) bond motifs is 1. The third-order valence-corrected chi connectivity index (χ3v) is 6.58. The summed E-state index contributed by atoms with van der Waals surface area (Å²) in [6.07, 6.45) is 1.79. The Morgan fingerprint density at radius 1 is 1.09 bits per heavy atom. The first-order chi connectivity index (χ1) is 16.5. The molecule has 0 aliphatic carbocycles. The molecule has 0 radical (unpaired) electrons. The molecule has 176 valence electrons. The second-order valence-corrected chi connectivity index (χ2v) is 9.00. The number of aromatic nitrogens is 3. The zero-order valence-corrected chi connectivity index (χ0v) is 20.6. The summed E-state index contributed by atoms with van der Waals surface area (Å²) in [5.74, 6) is 1.84. The van der Waals surface area contributed by atoms with Crippen LogP contribution in [0.5, 0.6) is 11.5 Å². The summed E-state index contributed by atoms with van der Waals surface area (Å²) in [7, 11) is 3.22. The monoisotopic (exact) mass is 476 g/mol. The van der Waals surface area contributed by atoms with Crippen molar-refractivity contribution in [2.45, 2.75) is 24.8 Å². The number of ether oxygens (including phenoxy) is 2. The average Bonchev–Trinajstić information content (AvgIpc) is 3.29. The second kappa shape index (κ2) is 10.6. The van der Waals surface area contributed by atoms with E-state index in [1.165, 1.54) is 17.3 Å². The largest absolute Gasteiger partial charge is 0.493 e. The first-order valence-corrected chi connectivity index (χ1v) is 12.0. The Kier molecular flexibility index (Phi) is 7.37. The van der Waals surface area contributed by atoms with Gasteiger partial charge >= 0.3 is 0 Å². The van der Waals surface area contributed by atoms with Crippen LogP contribution in [0.1, 0.15) is 24.1 Å². The van der Waals surface area contributed by atoms with Crippen molar-refractivity contribution in [3.63, 3.8) is 0 Å². The SMILES string of the molecule is COc1ccc(-c2cnn3c(SCC(=O)NCC(C)c4ccccc4)cc(C)nc23)cc1OC. The van der Waals surface area contributed by atoms with Crippen LogP contribution in [0.25, 0.3) is 16.8 Å². The predicted octanol–water partition coefficient (Wildman–Crippen LogP) is 4.73. The Hall–Kier alpha value is -3.52. The summed E-state index contributed by atoms with van der Waals surface area (Å²) in [5, 5.41) is 8.45. The number of carbonyl (C=O) groups is 1. The number of hydrogen-bond acceptors (Lipinski definition) is 6.